The molecule has 5 aliphatic heterocycles. The molecule has 2 fully saturated rings. The smallest absolute Gasteiger partial charge is 0.354 e. The second-order valence-electron chi connectivity index (χ2n) is 23.7. The van der Waals surface area contributed by atoms with Gasteiger partial charge in [-0.2, -0.15) is 20.2 Å². The molecule has 10 aromatic rings. The van der Waals surface area contributed by atoms with Crippen LogP contribution in [0.25, 0.3) is 27.4 Å². The number of carbonyl (C=O) groups is 2. The van der Waals surface area contributed by atoms with Crippen LogP contribution in [-0.2, 0) is 50.5 Å². The summed E-state index contributed by atoms with van der Waals surface area (Å²) in [5.41, 5.74) is -3.05. The summed E-state index contributed by atoms with van der Waals surface area (Å²) < 4.78 is 95.8. The monoisotopic (exact) mass is 1260 g/mol. The van der Waals surface area contributed by atoms with E-state index in [0.717, 1.165) is 13.7 Å². The first-order valence-electron chi connectivity index (χ1n) is 29.1. The third kappa shape index (κ3) is 10.3. The number of aryl methyl sites for hydroxylation is 1. The molecule has 0 radical (unpaired) electrons. The fourth-order valence-corrected chi connectivity index (χ4v) is 13.4. The SMILES string of the molecule is CC1(C)C2CN3c4nc(=O)n(c(=O)n4Cc4cc(F)c(F)cc4F)-c4cnc(Cn5cc6c7c(c(Cl)cc6n5)Nc5nc(=O)n(c(=O)n5Cc5cc(F)c(F)cc5F)Cc5ncnn5Cc5cccc(c5)C(=O)NC7)c5cccc(c45)CCCCCNC(=O)C3C21. The summed E-state index contributed by atoms with van der Waals surface area (Å²) in [5, 5.41) is 19.3. The summed E-state index contributed by atoms with van der Waals surface area (Å²) >= 11 is 7.15. The molecule has 1 saturated carbocycles. The second kappa shape index (κ2) is 22.4. The first kappa shape index (κ1) is 58.4. The van der Waals surface area contributed by atoms with Gasteiger partial charge in [0.1, 0.15) is 29.8 Å². The van der Waals surface area contributed by atoms with Crippen molar-refractivity contribution in [3.05, 3.63) is 218 Å². The predicted molar refractivity (Wildman–Crippen MR) is 318 cm³/mol. The Balaban J connectivity index is 0.906. The maximum atomic E-state index is 15.7. The van der Waals surface area contributed by atoms with Crippen molar-refractivity contribution < 1.29 is 35.9 Å². The lowest BCUT2D eigenvalue weighted by molar-refractivity contribution is -0.122. The second-order valence-corrected chi connectivity index (χ2v) is 24.1. The Labute approximate surface area is 514 Å². The van der Waals surface area contributed by atoms with E-state index in [1.165, 1.54) is 28.0 Å². The molecule has 29 heteroatoms. The van der Waals surface area contributed by atoms with Crippen molar-refractivity contribution in [2.75, 3.05) is 23.3 Å². The summed E-state index contributed by atoms with van der Waals surface area (Å²) in [6.45, 7) is 2.21. The number of fused-ring (bicyclic) bond motifs is 14. The van der Waals surface area contributed by atoms with E-state index in [1.54, 1.807) is 47.5 Å². The average molecular weight is 1270 g/mol. The van der Waals surface area contributed by atoms with Crippen LogP contribution in [0.3, 0.4) is 0 Å². The van der Waals surface area contributed by atoms with Crippen molar-refractivity contribution >= 4 is 62.7 Å². The van der Waals surface area contributed by atoms with Gasteiger partial charge in [0.05, 0.1) is 66.5 Å². The van der Waals surface area contributed by atoms with Crippen LogP contribution in [0.5, 0.6) is 0 Å². The molecule has 0 spiro atoms. The highest BCUT2D eigenvalue weighted by atomic mass is 35.5. The van der Waals surface area contributed by atoms with Crippen LogP contribution < -0.4 is 43.6 Å². The molecule has 3 N–H and O–H groups in total. The van der Waals surface area contributed by atoms with E-state index in [9.17, 15) is 41.5 Å². The normalized spacial score (nSPS) is 17.9. The molecule has 1 aliphatic carbocycles. The summed E-state index contributed by atoms with van der Waals surface area (Å²) in [4.78, 5) is 107. The van der Waals surface area contributed by atoms with Crippen molar-refractivity contribution in [3.63, 3.8) is 0 Å². The minimum atomic E-state index is -1.48. The highest BCUT2D eigenvalue weighted by Crippen LogP contribution is 2.65. The number of aromatic nitrogens is 12. The molecular weight excluding hydrogens is 1210 g/mol. The Morgan fingerprint density at radius 1 is 0.725 bits per heavy atom. The first-order chi connectivity index (χ1) is 43.7. The highest BCUT2D eigenvalue weighted by Gasteiger charge is 2.69. The summed E-state index contributed by atoms with van der Waals surface area (Å²) in [5.74, 6) is -9.87. The average Bonchev–Trinajstić information content (AvgIpc) is 1.53. The number of nitrogens with one attached hydrogen (secondary N) is 3. The van der Waals surface area contributed by atoms with E-state index in [4.69, 9.17) is 21.7 Å². The zero-order valence-electron chi connectivity index (χ0n) is 48.3. The highest BCUT2D eigenvalue weighted by molar-refractivity contribution is 6.34. The lowest BCUT2D eigenvalue weighted by Gasteiger charge is -2.32. The zero-order chi connectivity index (χ0) is 63.5. The zero-order valence-corrected chi connectivity index (χ0v) is 49.0. The molecule has 5 aromatic carbocycles. The number of benzene rings is 5. The molecule has 22 nitrogen and oxygen atoms in total. The number of piperidine rings is 1. The predicted octanol–water partition coefficient (Wildman–Crippen LogP) is 6.62. The molecule has 3 atom stereocenters. The largest absolute Gasteiger partial charge is 0.359 e. The van der Waals surface area contributed by atoms with Gasteiger partial charge in [-0.05, 0) is 78.0 Å². The quantitative estimate of drug-likeness (QED) is 0.117. The number of pyridine rings is 1. The lowest BCUT2D eigenvalue weighted by Crippen LogP contribution is -2.52. The standard InChI is InChI=1S/C62H51ClF6N16O6/c1-62(2)38-26-80-53(51(38)62)55(87)70-13-5-3-4-9-31-10-7-12-35-47(71-21-48(50(31)35)85-59(89)77-57(80)82(61(85)91)24-34-16-43(67)45(69)19-41(34)65)27-79-25-37-36-20-72-54(86)32-11-6-8-30(14-32)22-84-49(73-29-74-84)28-83-58(88)76-56(75-52(36)39(63)17-46(37)78-79)81(60(83)90)23-33-15-42(66)44(68)18-40(33)64/h6-8,10-12,14-19,21,25,29,38,51,53H,3-5,9,13,20,22-24,26-28H2,1-2H3,(H,70,87)(H,72,86)(H,75,76,88). The molecule has 3 unspecified atom stereocenters. The number of nitrogens with zero attached hydrogens (tertiary/aromatic N) is 13. The third-order valence-corrected chi connectivity index (χ3v) is 18.2. The van der Waals surface area contributed by atoms with Gasteiger partial charge in [-0.15, -0.1) is 0 Å². The molecule has 5 aromatic heterocycles. The van der Waals surface area contributed by atoms with Gasteiger partial charge in [0.2, 0.25) is 17.8 Å². The number of halogens is 7. The maximum absolute atomic E-state index is 15.7. The number of anilines is 3. The Hall–Kier alpha value is -10.3. The number of carbonyl (C=O) groups excluding carboxylic acids is 2. The van der Waals surface area contributed by atoms with Crippen LogP contribution >= 0.6 is 11.6 Å². The fraction of sp³-hybridized carbons (Fsp3) is 0.290. The van der Waals surface area contributed by atoms with Gasteiger partial charge < -0.3 is 20.9 Å². The van der Waals surface area contributed by atoms with E-state index >= 15 is 13.6 Å². The number of hydrogen-bond donors (Lipinski definition) is 3. The van der Waals surface area contributed by atoms with Gasteiger partial charge in [0.15, 0.2) is 23.3 Å². The molecule has 464 valence electrons. The Morgan fingerprint density at radius 2 is 1.46 bits per heavy atom. The topological polar surface area (TPSA) is 249 Å². The van der Waals surface area contributed by atoms with Gasteiger partial charge in [0.25, 0.3) is 5.91 Å². The van der Waals surface area contributed by atoms with Crippen LogP contribution in [0.4, 0.5) is 43.9 Å². The van der Waals surface area contributed by atoms with Crippen LogP contribution in [0, 0.1) is 52.2 Å². The molecule has 6 aliphatic rings. The Bertz CT molecular complexity index is 5000. The van der Waals surface area contributed by atoms with Crippen LogP contribution in [0.15, 0.2) is 111 Å². The molecule has 2 amide bonds. The van der Waals surface area contributed by atoms with Gasteiger partial charge in [-0.1, -0.05) is 62.2 Å². The summed E-state index contributed by atoms with van der Waals surface area (Å²) in [7, 11) is 0. The van der Waals surface area contributed by atoms with Crippen molar-refractivity contribution in [1.29, 1.82) is 0 Å². The lowest BCUT2D eigenvalue weighted by atomic mass is 9.97. The summed E-state index contributed by atoms with van der Waals surface area (Å²) in [6.07, 6.45) is 6.48. The van der Waals surface area contributed by atoms with Crippen LogP contribution in [0.1, 0.15) is 82.8 Å². The van der Waals surface area contributed by atoms with E-state index in [0.29, 0.717) is 94.0 Å². The van der Waals surface area contributed by atoms with Gasteiger partial charge in [0, 0.05) is 76.4 Å². The first-order valence-corrected chi connectivity index (χ1v) is 29.4. The maximum Gasteiger partial charge on any atom is 0.359 e. The van der Waals surface area contributed by atoms with Crippen molar-refractivity contribution in [1.82, 2.24) is 68.4 Å². The Morgan fingerprint density at radius 3 is 2.23 bits per heavy atom. The minimum absolute atomic E-state index is 0.00248. The molecule has 6 bridgehead atoms. The van der Waals surface area contributed by atoms with Crippen LogP contribution in [-0.4, -0.2) is 88.7 Å². The van der Waals surface area contributed by atoms with Crippen molar-refractivity contribution in [2.45, 2.75) is 84.8 Å². The number of hydrogen-bond acceptors (Lipinski definition) is 14. The number of rotatable bonds is 6. The molecular formula is C62H51ClF6N16O6. The van der Waals surface area contributed by atoms with E-state index in [-0.39, 0.29) is 94.2 Å². The van der Waals surface area contributed by atoms with E-state index in [1.807, 2.05) is 19.9 Å². The third-order valence-electron chi connectivity index (χ3n) is 17.9. The Kier molecular flexibility index (Phi) is 14.4. The van der Waals surface area contributed by atoms with Crippen molar-refractivity contribution in [3.8, 4) is 5.69 Å². The van der Waals surface area contributed by atoms with Gasteiger partial charge in [-0.3, -0.25) is 28.4 Å². The van der Waals surface area contributed by atoms with Gasteiger partial charge >= 0.3 is 22.8 Å². The van der Waals surface area contributed by atoms with E-state index < -0.39 is 106 Å². The summed E-state index contributed by atoms with van der Waals surface area (Å²) in [6, 6.07) is 14.5. The van der Waals surface area contributed by atoms with Crippen molar-refractivity contribution in [2.24, 2.45) is 17.3 Å². The fourth-order valence-electron chi connectivity index (χ4n) is 13.2. The van der Waals surface area contributed by atoms with Gasteiger partial charge in [-0.25, -0.2) is 64.3 Å². The van der Waals surface area contributed by atoms with E-state index in [2.05, 4.69) is 36.0 Å². The molecule has 10 heterocycles. The van der Waals surface area contributed by atoms with Crippen LogP contribution in [0.2, 0.25) is 5.02 Å². The minimum Gasteiger partial charge on any atom is -0.354 e. The molecule has 1 saturated heterocycles. The number of amides is 2. The molecule has 91 heavy (non-hydrogen) atoms. The molecule has 16 rings (SSSR count).